The highest BCUT2D eigenvalue weighted by molar-refractivity contribution is 7.91. The van der Waals surface area contributed by atoms with Crippen molar-refractivity contribution in [2.45, 2.75) is 16.2 Å². The molecule has 10 heteroatoms. The van der Waals surface area contributed by atoms with Crippen molar-refractivity contribution in [1.29, 1.82) is 0 Å². The Balaban J connectivity index is 2.54. The number of nitrogens with zero attached hydrogens (tertiary/aromatic N) is 2. The van der Waals surface area contributed by atoms with E-state index in [0.717, 1.165) is 12.4 Å². The Morgan fingerprint density at radius 2 is 1.95 bits per heavy atom. The van der Waals surface area contributed by atoms with E-state index in [0.29, 0.717) is 12.1 Å². The molecule has 0 aliphatic heterocycles. The molecule has 2 aromatic rings. The lowest BCUT2D eigenvalue weighted by Gasteiger charge is -2.09. The molecule has 0 saturated heterocycles. The summed E-state index contributed by atoms with van der Waals surface area (Å²) < 4.78 is 61.2. The lowest BCUT2D eigenvalue weighted by molar-refractivity contribution is -0.137. The third-order valence-corrected chi connectivity index (χ3v) is 4.22. The average molecular weight is 312 g/mol. The van der Waals surface area contributed by atoms with Gasteiger partial charge in [-0.2, -0.15) is 13.2 Å². The molecule has 0 unspecified atom stereocenters. The van der Waals surface area contributed by atoms with Crippen molar-refractivity contribution in [3.63, 3.8) is 0 Å². The van der Waals surface area contributed by atoms with Crippen LogP contribution in [0.5, 0.6) is 0 Å². The van der Waals surface area contributed by atoms with E-state index in [-0.39, 0.29) is 0 Å². The van der Waals surface area contributed by atoms with Crippen LogP contribution in [0.4, 0.5) is 13.2 Å². The first-order chi connectivity index (χ1) is 8.73. The minimum absolute atomic E-state index is 0.484. The number of hydrogen-bond acceptors (Lipinski definition) is 4. The Hall–Kier alpha value is -1.61. The third kappa shape index (κ3) is 2.56. The van der Waals surface area contributed by atoms with Gasteiger partial charge < -0.3 is 0 Å². The second-order valence-corrected chi connectivity index (χ2v) is 5.65. The second-order valence-electron chi connectivity index (χ2n) is 3.43. The van der Waals surface area contributed by atoms with Gasteiger partial charge >= 0.3 is 6.18 Å². The Kier molecular flexibility index (Phi) is 3.27. The summed E-state index contributed by atoms with van der Waals surface area (Å²) in [6.45, 7) is 0. The van der Waals surface area contributed by atoms with Crippen molar-refractivity contribution in [3.8, 4) is 0 Å². The number of aromatic amines is 1. The van der Waals surface area contributed by atoms with Crippen molar-refractivity contribution < 1.29 is 21.6 Å². The number of sulfone groups is 1. The van der Waals surface area contributed by atoms with Crippen molar-refractivity contribution in [2.75, 3.05) is 0 Å². The smallest absolute Gasteiger partial charge is 0.265 e. The summed E-state index contributed by atoms with van der Waals surface area (Å²) in [5.41, 5.74) is -1.04. The number of alkyl halides is 3. The van der Waals surface area contributed by atoms with Crippen LogP contribution in [0.25, 0.3) is 0 Å². The van der Waals surface area contributed by atoms with Crippen LogP contribution in [-0.4, -0.2) is 23.6 Å². The van der Waals surface area contributed by atoms with E-state index < -0.39 is 36.7 Å². The van der Waals surface area contributed by atoms with Gasteiger partial charge in [-0.25, -0.2) is 13.4 Å². The molecule has 0 aliphatic rings. The lowest BCUT2D eigenvalue weighted by atomic mass is 10.2. The summed E-state index contributed by atoms with van der Waals surface area (Å²) in [4.78, 5) is 2.96. The molecule has 0 amide bonds. The first-order valence-electron chi connectivity index (χ1n) is 4.70. The summed E-state index contributed by atoms with van der Waals surface area (Å²) in [6.07, 6.45) is -3.57. The van der Waals surface area contributed by atoms with E-state index in [9.17, 15) is 21.6 Å². The molecular weight excluding hydrogens is 307 g/mol. The van der Waals surface area contributed by atoms with Crippen LogP contribution in [0.1, 0.15) is 5.56 Å². The van der Waals surface area contributed by atoms with E-state index in [1.165, 1.54) is 0 Å². The van der Waals surface area contributed by atoms with Gasteiger partial charge in [-0.05, 0) is 18.2 Å². The Morgan fingerprint density at radius 3 is 2.42 bits per heavy atom. The first-order valence-corrected chi connectivity index (χ1v) is 6.56. The summed E-state index contributed by atoms with van der Waals surface area (Å²) in [5.74, 6) is 0. The summed E-state index contributed by atoms with van der Waals surface area (Å²) in [6, 6.07) is 1.95. The van der Waals surface area contributed by atoms with Crippen LogP contribution in [0.3, 0.4) is 0 Å². The van der Waals surface area contributed by atoms with Gasteiger partial charge in [0.05, 0.1) is 15.5 Å². The Labute approximate surface area is 110 Å². The second kappa shape index (κ2) is 4.49. The number of rotatable bonds is 2. The van der Waals surface area contributed by atoms with E-state index in [1.807, 2.05) is 0 Å². The van der Waals surface area contributed by atoms with Crippen molar-refractivity contribution in [1.82, 2.24) is 15.2 Å². The fourth-order valence-corrected chi connectivity index (χ4v) is 2.93. The maximum atomic E-state index is 12.4. The Morgan fingerprint density at radius 1 is 1.26 bits per heavy atom. The van der Waals surface area contributed by atoms with Crippen molar-refractivity contribution in [2.24, 2.45) is 0 Å². The lowest BCUT2D eigenvalue weighted by Crippen LogP contribution is -2.08. The summed E-state index contributed by atoms with van der Waals surface area (Å²) >= 11 is 5.59. The standard InChI is InChI=1S/C9H5ClF3N3O2S/c10-6-3-5(9(11,12)13)1-2-7(6)19(17,18)8-14-4-15-16-8/h1-4H,(H,14,15,16). The molecule has 0 radical (unpaired) electrons. The molecular formula is C9H5ClF3N3O2S. The first kappa shape index (κ1) is 13.8. The summed E-state index contributed by atoms with van der Waals surface area (Å²) in [5, 5.41) is 4.47. The minimum Gasteiger partial charge on any atom is -0.265 e. The molecule has 5 nitrogen and oxygen atoms in total. The van der Waals surface area contributed by atoms with Crippen LogP contribution < -0.4 is 0 Å². The predicted molar refractivity (Wildman–Crippen MR) is 58.3 cm³/mol. The highest BCUT2D eigenvalue weighted by Gasteiger charge is 2.33. The van der Waals surface area contributed by atoms with E-state index in [2.05, 4.69) is 15.2 Å². The van der Waals surface area contributed by atoms with Crippen LogP contribution in [0, 0.1) is 0 Å². The quantitative estimate of drug-likeness (QED) is 0.923. The zero-order valence-electron chi connectivity index (χ0n) is 8.94. The molecule has 0 bridgehead atoms. The number of H-pyrrole nitrogens is 1. The van der Waals surface area contributed by atoms with Crippen LogP contribution in [0.2, 0.25) is 5.02 Å². The van der Waals surface area contributed by atoms with E-state index in [1.54, 1.807) is 0 Å². The van der Waals surface area contributed by atoms with Gasteiger partial charge in [0.25, 0.3) is 5.16 Å². The number of aromatic nitrogens is 3. The number of halogens is 4. The zero-order chi connectivity index (χ0) is 14.3. The predicted octanol–water partition coefficient (Wildman–Crippen LogP) is 2.31. The van der Waals surface area contributed by atoms with Crippen molar-refractivity contribution >= 4 is 21.4 Å². The van der Waals surface area contributed by atoms with Crippen molar-refractivity contribution in [3.05, 3.63) is 35.1 Å². The number of hydrogen-bond donors (Lipinski definition) is 1. The zero-order valence-corrected chi connectivity index (χ0v) is 10.5. The average Bonchev–Trinajstić information content (AvgIpc) is 2.81. The normalized spacial score (nSPS) is 12.6. The molecule has 1 aromatic carbocycles. The van der Waals surface area contributed by atoms with E-state index in [4.69, 9.17) is 11.6 Å². The van der Waals surface area contributed by atoms with Gasteiger partial charge in [0.2, 0.25) is 9.84 Å². The van der Waals surface area contributed by atoms with Gasteiger partial charge in [-0.1, -0.05) is 11.6 Å². The molecule has 0 fully saturated rings. The monoisotopic (exact) mass is 311 g/mol. The highest BCUT2D eigenvalue weighted by atomic mass is 35.5. The molecule has 1 aromatic heterocycles. The molecule has 1 N–H and O–H groups in total. The van der Waals surface area contributed by atoms with Gasteiger partial charge in [-0.15, -0.1) is 5.10 Å². The SMILES string of the molecule is O=S(=O)(c1nc[nH]n1)c1ccc(C(F)(F)F)cc1Cl. The van der Waals surface area contributed by atoms with Gasteiger partial charge in [-0.3, -0.25) is 5.10 Å². The molecule has 0 saturated carbocycles. The fourth-order valence-electron chi connectivity index (χ4n) is 1.32. The highest BCUT2D eigenvalue weighted by Crippen LogP contribution is 2.34. The van der Waals surface area contributed by atoms with E-state index >= 15 is 0 Å². The molecule has 19 heavy (non-hydrogen) atoms. The molecule has 102 valence electrons. The third-order valence-electron chi connectivity index (χ3n) is 2.18. The molecule has 0 atom stereocenters. The largest absolute Gasteiger partial charge is 0.416 e. The van der Waals surface area contributed by atoms with Gasteiger partial charge in [0.15, 0.2) is 0 Å². The maximum Gasteiger partial charge on any atom is 0.416 e. The molecule has 1 heterocycles. The minimum atomic E-state index is -4.60. The van der Waals surface area contributed by atoms with Gasteiger partial charge in [0.1, 0.15) is 6.33 Å². The number of benzene rings is 1. The van der Waals surface area contributed by atoms with Gasteiger partial charge in [0, 0.05) is 0 Å². The Bertz CT molecular complexity index is 698. The van der Waals surface area contributed by atoms with Crippen LogP contribution in [-0.2, 0) is 16.0 Å². The molecule has 0 spiro atoms. The summed E-state index contributed by atoms with van der Waals surface area (Å²) in [7, 11) is -4.14. The molecule has 0 aliphatic carbocycles. The van der Waals surface area contributed by atoms with Crippen LogP contribution in [0.15, 0.2) is 34.6 Å². The number of nitrogens with one attached hydrogen (secondary N) is 1. The topological polar surface area (TPSA) is 75.7 Å². The maximum absolute atomic E-state index is 12.4. The fraction of sp³-hybridized carbons (Fsp3) is 0.111. The van der Waals surface area contributed by atoms with Crippen LogP contribution >= 0.6 is 11.6 Å². The molecule has 2 rings (SSSR count).